The molecule has 0 bridgehead atoms. The van der Waals surface area contributed by atoms with Crippen molar-refractivity contribution in [2.75, 3.05) is 11.1 Å². The van der Waals surface area contributed by atoms with E-state index in [0.29, 0.717) is 17.1 Å². The van der Waals surface area contributed by atoms with Crippen LogP contribution in [0.1, 0.15) is 10.5 Å². The standard InChI is InChI=1S/C15H13N3O/c16-11-6-2-4-8-13(11)18-15(19)14-9-10-5-1-3-7-12(10)17-14/h1-9,17H,16H2,(H,18,19). The Kier molecular flexibility index (Phi) is 2.68. The number of nitrogens with one attached hydrogen (secondary N) is 2. The summed E-state index contributed by atoms with van der Waals surface area (Å²) in [4.78, 5) is 15.2. The van der Waals surface area contributed by atoms with Gasteiger partial charge in [0.05, 0.1) is 11.4 Å². The minimum atomic E-state index is -0.200. The van der Waals surface area contributed by atoms with Crippen molar-refractivity contribution < 1.29 is 4.79 Å². The van der Waals surface area contributed by atoms with E-state index >= 15 is 0 Å². The first kappa shape index (κ1) is 11.3. The lowest BCUT2D eigenvalue weighted by Gasteiger charge is -2.06. The van der Waals surface area contributed by atoms with Gasteiger partial charge in [-0.1, -0.05) is 30.3 Å². The fourth-order valence-corrected chi connectivity index (χ4v) is 2.00. The summed E-state index contributed by atoms with van der Waals surface area (Å²) in [6.07, 6.45) is 0. The quantitative estimate of drug-likeness (QED) is 0.613. The molecule has 4 nitrogen and oxygen atoms in total. The zero-order chi connectivity index (χ0) is 13.2. The van der Waals surface area contributed by atoms with Crippen molar-refractivity contribution in [1.82, 2.24) is 4.98 Å². The number of benzene rings is 2. The number of hydrogen-bond donors (Lipinski definition) is 3. The summed E-state index contributed by atoms with van der Waals surface area (Å²) in [6.45, 7) is 0. The second kappa shape index (κ2) is 4.49. The van der Waals surface area contributed by atoms with Gasteiger partial charge in [-0.25, -0.2) is 0 Å². The third-order valence-corrected chi connectivity index (χ3v) is 2.98. The largest absolute Gasteiger partial charge is 0.397 e. The Morgan fingerprint density at radius 1 is 1.05 bits per heavy atom. The number of nitrogen functional groups attached to an aromatic ring is 1. The molecule has 2 aromatic carbocycles. The summed E-state index contributed by atoms with van der Waals surface area (Å²) in [5.74, 6) is -0.200. The van der Waals surface area contributed by atoms with Gasteiger partial charge in [-0.05, 0) is 24.3 Å². The van der Waals surface area contributed by atoms with E-state index in [0.717, 1.165) is 10.9 Å². The van der Waals surface area contributed by atoms with E-state index in [4.69, 9.17) is 5.73 Å². The molecule has 0 fully saturated rings. The molecule has 1 aromatic heterocycles. The van der Waals surface area contributed by atoms with E-state index in [1.165, 1.54) is 0 Å². The molecule has 0 aliphatic rings. The van der Waals surface area contributed by atoms with Crippen molar-refractivity contribution in [1.29, 1.82) is 0 Å². The van der Waals surface area contributed by atoms with Crippen LogP contribution in [0.3, 0.4) is 0 Å². The molecule has 4 N–H and O–H groups in total. The minimum Gasteiger partial charge on any atom is -0.397 e. The Balaban J connectivity index is 1.90. The Bertz CT molecular complexity index is 713. The van der Waals surface area contributed by atoms with E-state index in [2.05, 4.69) is 10.3 Å². The third-order valence-electron chi connectivity index (χ3n) is 2.98. The van der Waals surface area contributed by atoms with E-state index in [9.17, 15) is 4.79 Å². The molecule has 94 valence electrons. The number of anilines is 2. The number of aromatic nitrogens is 1. The molecule has 1 heterocycles. The van der Waals surface area contributed by atoms with E-state index < -0.39 is 0 Å². The van der Waals surface area contributed by atoms with Crippen molar-refractivity contribution in [2.24, 2.45) is 0 Å². The second-order valence-electron chi connectivity index (χ2n) is 4.31. The Hall–Kier alpha value is -2.75. The van der Waals surface area contributed by atoms with Gasteiger partial charge in [0.1, 0.15) is 5.69 Å². The molecule has 0 aliphatic carbocycles. The molecule has 0 aliphatic heterocycles. The number of nitrogens with two attached hydrogens (primary N) is 1. The third kappa shape index (κ3) is 2.15. The molecule has 0 spiro atoms. The van der Waals surface area contributed by atoms with Crippen LogP contribution >= 0.6 is 0 Å². The first-order chi connectivity index (χ1) is 9.24. The average Bonchev–Trinajstić information content (AvgIpc) is 2.85. The van der Waals surface area contributed by atoms with Gasteiger partial charge in [-0.15, -0.1) is 0 Å². The summed E-state index contributed by atoms with van der Waals surface area (Å²) < 4.78 is 0. The van der Waals surface area contributed by atoms with Crippen LogP contribution in [0.4, 0.5) is 11.4 Å². The van der Waals surface area contributed by atoms with E-state index in [1.54, 1.807) is 12.1 Å². The number of amides is 1. The van der Waals surface area contributed by atoms with Gasteiger partial charge in [0, 0.05) is 10.9 Å². The molecule has 0 saturated heterocycles. The zero-order valence-corrected chi connectivity index (χ0v) is 10.2. The lowest BCUT2D eigenvalue weighted by atomic mass is 10.2. The average molecular weight is 251 g/mol. The smallest absolute Gasteiger partial charge is 0.272 e. The van der Waals surface area contributed by atoms with Gasteiger partial charge in [0.2, 0.25) is 0 Å². The molecule has 3 rings (SSSR count). The Morgan fingerprint density at radius 2 is 1.79 bits per heavy atom. The van der Waals surface area contributed by atoms with Gasteiger partial charge in [0.25, 0.3) is 5.91 Å². The Labute approximate surface area is 110 Å². The highest BCUT2D eigenvalue weighted by Crippen LogP contribution is 2.19. The van der Waals surface area contributed by atoms with Gasteiger partial charge >= 0.3 is 0 Å². The van der Waals surface area contributed by atoms with Crippen LogP contribution in [-0.2, 0) is 0 Å². The first-order valence-corrected chi connectivity index (χ1v) is 5.97. The predicted molar refractivity (Wildman–Crippen MR) is 77.1 cm³/mol. The number of H-pyrrole nitrogens is 1. The molecule has 1 amide bonds. The molecule has 3 aromatic rings. The lowest BCUT2D eigenvalue weighted by molar-refractivity contribution is 0.102. The zero-order valence-electron chi connectivity index (χ0n) is 10.2. The molecular formula is C15H13N3O. The van der Waals surface area contributed by atoms with Crippen LogP contribution in [0.25, 0.3) is 10.9 Å². The number of carbonyl (C=O) groups is 1. The second-order valence-corrected chi connectivity index (χ2v) is 4.31. The van der Waals surface area contributed by atoms with E-state index in [1.807, 2.05) is 42.5 Å². The maximum Gasteiger partial charge on any atom is 0.272 e. The highest BCUT2D eigenvalue weighted by Gasteiger charge is 2.10. The summed E-state index contributed by atoms with van der Waals surface area (Å²) in [6, 6.07) is 16.8. The van der Waals surface area contributed by atoms with Crippen molar-refractivity contribution in [3.8, 4) is 0 Å². The van der Waals surface area contributed by atoms with Gasteiger partial charge in [-0.2, -0.15) is 0 Å². The van der Waals surface area contributed by atoms with Crippen molar-refractivity contribution >= 4 is 28.2 Å². The van der Waals surface area contributed by atoms with Crippen LogP contribution in [0.5, 0.6) is 0 Å². The predicted octanol–water partition coefficient (Wildman–Crippen LogP) is 3.00. The molecule has 4 heteroatoms. The number of carbonyl (C=O) groups excluding carboxylic acids is 1. The SMILES string of the molecule is Nc1ccccc1NC(=O)c1cc2ccccc2[nH]1. The molecular weight excluding hydrogens is 238 g/mol. The summed E-state index contributed by atoms with van der Waals surface area (Å²) in [7, 11) is 0. The number of fused-ring (bicyclic) bond motifs is 1. The highest BCUT2D eigenvalue weighted by molar-refractivity contribution is 6.07. The van der Waals surface area contributed by atoms with Crippen molar-refractivity contribution in [3.05, 3.63) is 60.3 Å². The number of rotatable bonds is 2. The monoisotopic (exact) mass is 251 g/mol. The molecule has 0 radical (unpaired) electrons. The van der Waals surface area contributed by atoms with Gasteiger partial charge < -0.3 is 16.0 Å². The van der Waals surface area contributed by atoms with Crippen LogP contribution in [0, 0.1) is 0 Å². The van der Waals surface area contributed by atoms with Crippen LogP contribution in [-0.4, -0.2) is 10.9 Å². The maximum atomic E-state index is 12.1. The first-order valence-electron chi connectivity index (χ1n) is 5.97. The van der Waals surface area contributed by atoms with Crippen LogP contribution in [0.15, 0.2) is 54.6 Å². The topological polar surface area (TPSA) is 70.9 Å². The molecule has 0 atom stereocenters. The van der Waals surface area contributed by atoms with E-state index in [-0.39, 0.29) is 5.91 Å². The van der Waals surface area contributed by atoms with Crippen molar-refractivity contribution in [2.45, 2.75) is 0 Å². The summed E-state index contributed by atoms with van der Waals surface area (Å²) >= 11 is 0. The van der Waals surface area contributed by atoms with Crippen LogP contribution < -0.4 is 11.1 Å². The fourth-order valence-electron chi connectivity index (χ4n) is 2.00. The molecule has 0 unspecified atom stereocenters. The molecule has 0 saturated carbocycles. The highest BCUT2D eigenvalue weighted by atomic mass is 16.1. The number of hydrogen-bond acceptors (Lipinski definition) is 2. The minimum absolute atomic E-state index is 0.200. The number of aromatic amines is 1. The maximum absolute atomic E-state index is 12.1. The number of para-hydroxylation sites is 3. The molecule has 19 heavy (non-hydrogen) atoms. The lowest BCUT2D eigenvalue weighted by Crippen LogP contribution is -2.13. The van der Waals surface area contributed by atoms with Crippen molar-refractivity contribution in [3.63, 3.8) is 0 Å². The normalized spacial score (nSPS) is 10.5. The van der Waals surface area contributed by atoms with Crippen LogP contribution in [0.2, 0.25) is 0 Å². The Morgan fingerprint density at radius 3 is 2.58 bits per heavy atom. The van der Waals surface area contributed by atoms with Gasteiger partial charge in [-0.3, -0.25) is 4.79 Å². The summed E-state index contributed by atoms with van der Waals surface area (Å²) in [5.41, 5.74) is 8.42. The summed E-state index contributed by atoms with van der Waals surface area (Å²) in [5, 5.41) is 3.80. The fraction of sp³-hybridized carbons (Fsp3) is 0. The van der Waals surface area contributed by atoms with Gasteiger partial charge in [0.15, 0.2) is 0 Å².